The molecule has 3 rings (SSSR count). The molecule has 1 aliphatic heterocycles. The number of benzene rings is 1. The van der Waals surface area contributed by atoms with Gasteiger partial charge in [0.05, 0.1) is 11.6 Å². The van der Waals surface area contributed by atoms with Crippen LogP contribution >= 0.6 is 11.6 Å². The Bertz CT molecular complexity index is 679. The Hall–Kier alpha value is -2.01. The van der Waals surface area contributed by atoms with Gasteiger partial charge in [0.15, 0.2) is 0 Å². The molecule has 0 atom stereocenters. The van der Waals surface area contributed by atoms with Crippen LogP contribution < -0.4 is 4.74 Å². The first-order chi connectivity index (χ1) is 9.09. The van der Waals surface area contributed by atoms with E-state index in [1.54, 1.807) is 19.2 Å². The van der Waals surface area contributed by atoms with Crippen molar-refractivity contribution in [2.75, 3.05) is 6.61 Å². The van der Waals surface area contributed by atoms with Crippen molar-refractivity contribution in [2.24, 2.45) is 7.05 Å². The smallest absolute Gasteiger partial charge is 0.354 e. The van der Waals surface area contributed by atoms with E-state index in [1.807, 2.05) is 6.07 Å². The zero-order chi connectivity index (χ0) is 13.6. The molecule has 0 saturated carbocycles. The maximum atomic E-state index is 11.3. The summed E-state index contributed by atoms with van der Waals surface area (Å²) in [6.45, 7) is 0.385. The minimum atomic E-state index is -0.985. The van der Waals surface area contributed by atoms with Crippen LogP contribution in [0.4, 0.5) is 0 Å². The summed E-state index contributed by atoms with van der Waals surface area (Å²) in [5.41, 5.74) is 2.26. The minimum Gasteiger partial charge on any atom is -0.491 e. The summed E-state index contributed by atoms with van der Waals surface area (Å²) in [5.74, 6) is -0.417. The number of ether oxygens (including phenoxy) is 1. The Morgan fingerprint density at radius 2 is 2.32 bits per heavy atom. The summed E-state index contributed by atoms with van der Waals surface area (Å²) in [6, 6.07) is 5.38. The maximum Gasteiger partial charge on any atom is 0.354 e. The average molecular weight is 279 g/mol. The zero-order valence-corrected chi connectivity index (χ0v) is 10.9. The average Bonchev–Trinajstić information content (AvgIpc) is 2.57. The Morgan fingerprint density at radius 1 is 1.53 bits per heavy atom. The van der Waals surface area contributed by atoms with Crippen molar-refractivity contribution in [3.8, 4) is 17.0 Å². The largest absolute Gasteiger partial charge is 0.491 e. The molecular weight excluding hydrogens is 268 g/mol. The number of carbonyl (C=O) groups is 1. The summed E-state index contributed by atoms with van der Waals surface area (Å²) < 4.78 is 7.01. The van der Waals surface area contributed by atoms with Gasteiger partial charge in [0.2, 0.25) is 0 Å². The van der Waals surface area contributed by atoms with Crippen molar-refractivity contribution in [1.29, 1.82) is 0 Å². The van der Waals surface area contributed by atoms with E-state index < -0.39 is 5.97 Å². The Kier molecular flexibility index (Phi) is 2.71. The molecular formula is C13H11ClN2O3. The van der Waals surface area contributed by atoms with Gasteiger partial charge in [-0.1, -0.05) is 17.7 Å². The highest BCUT2D eigenvalue weighted by Crippen LogP contribution is 2.40. The first-order valence-corrected chi connectivity index (χ1v) is 6.18. The lowest BCUT2D eigenvalue weighted by Gasteiger charge is -2.08. The highest BCUT2D eigenvalue weighted by molar-refractivity contribution is 6.32. The number of fused-ring (bicyclic) bond motifs is 3. The lowest BCUT2D eigenvalue weighted by atomic mass is 10.0. The molecule has 0 bridgehead atoms. The van der Waals surface area contributed by atoms with Gasteiger partial charge in [0.25, 0.3) is 0 Å². The number of aryl methyl sites for hydroxylation is 1. The van der Waals surface area contributed by atoms with Crippen LogP contribution in [0, 0.1) is 0 Å². The normalized spacial score (nSPS) is 13.2. The van der Waals surface area contributed by atoms with Crippen LogP contribution in [-0.2, 0) is 13.5 Å². The molecule has 0 radical (unpaired) electrons. The molecule has 0 spiro atoms. The third kappa shape index (κ3) is 1.77. The Morgan fingerprint density at radius 3 is 3.05 bits per heavy atom. The number of hydrogen-bond acceptors (Lipinski definition) is 3. The molecule has 1 aromatic heterocycles. The van der Waals surface area contributed by atoms with E-state index >= 15 is 0 Å². The van der Waals surface area contributed by atoms with Gasteiger partial charge in [0, 0.05) is 24.6 Å². The van der Waals surface area contributed by atoms with Gasteiger partial charge >= 0.3 is 5.97 Å². The molecule has 2 heterocycles. The fraction of sp³-hybridized carbons (Fsp3) is 0.231. The number of rotatable bonds is 1. The Labute approximate surface area is 114 Å². The second kappa shape index (κ2) is 4.28. The zero-order valence-electron chi connectivity index (χ0n) is 10.2. The predicted molar refractivity (Wildman–Crippen MR) is 69.8 cm³/mol. The van der Waals surface area contributed by atoms with E-state index in [1.165, 1.54) is 4.68 Å². The van der Waals surface area contributed by atoms with Gasteiger partial charge < -0.3 is 9.84 Å². The quantitative estimate of drug-likeness (QED) is 0.870. The van der Waals surface area contributed by atoms with Crippen LogP contribution in [0.1, 0.15) is 16.1 Å². The lowest BCUT2D eigenvalue weighted by Crippen LogP contribution is -2.10. The summed E-state index contributed by atoms with van der Waals surface area (Å²) in [6.07, 6.45) is 0.496. The number of halogens is 1. The van der Waals surface area contributed by atoms with Gasteiger partial charge in [-0.05, 0) is 12.1 Å². The fourth-order valence-electron chi connectivity index (χ4n) is 2.39. The third-order valence-electron chi connectivity index (χ3n) is 3.17. The van der Waals surface area contributed by atoms with Crippen molar-refractivity contribution in [1.82, 2.24) is 9.78 Å². The summed E-state index contributed by atoms with van der Waals surface area (Å²) >= 11 is 6.11. The summed E-state index contributed by atoms with van der Waals surface area (Å²) in [5, 5.41) is 14.1. The number of nitrogens with zero attached hydrogens (tertiary/aromatic N) is 2. The van der Waals surface area contributed by atoms with Crippen LogP contribution in [0.15, 0.2) is 18.2 Å². The third-order valence-corrected chi connectivity index (χ3v) is 3.47. The standard InChI is InChI=1S/C13H11ClN2O3/c1-16-11(13(17)18)7-5-6-19-12-8(10(7)15-16)3-2-4-9(12)14/h2-4H,5-6H2,1H3,(H,17,18). The monoisotopic (exact) mass is 278 g/mol. The minimum absolute atomic E-state index is 0.200. The van der Waals surface area contributed by atoms with Gasteiger partial charge in [-0.25, -0.2) is 4.79 Å². The van der Waals surface area contributed by atoms with Crippen molar-refractivity contribution < 1.29 is 14.6 Å². The lowest BCUT2D eigenvalue weighted by molar-refractivity contribution is 0.0683. The molecule has 2 aromatic rings. The van der Waals surface area contributed by atoms with Gasteiger partial charge in [-0.2, -0.15) is 5.10 Å². The van der Waals surface area contributed by atoms with Gasteiger partial charge in [0.1, 0.15) is 17.1 Å². The molecule has 6 heteroatoms. The molecule has 1 aromatic carbocycles. The van der Waals surface area contributed by atoms with E-state index in [4.69, 9.17) is 16.3 Å². The van der Waals surface area contributed by atoms with Crippen LogP contribution in [0.5, 0.6) is 5.75 Å². The number of aromatic carboxylic acids is 1. The first kappa shape index (κ1) is 12.0. The number of carboxylic acids is 1. The second-order valence-corrected chi connectivity index (χ2v) is 4.73. The van der Waals surface area contributed by atoms with E-state index in [-0.39, 0.29) is 5.69 Å². The van der Waals surface area contributed by atoms with Crippen LogP contribution in [0.2, 0.25) is 5.02 Å². The highest BCUT2D eigenvalue weighted by Gasteiger charge is 2.27. The molecule has 0 amide bonds. The molecule has 0 unspecified atom stereocenters. The second-order valence-electron chi connectivity index (χ2n) is 4.32. The highest BCUT2D eigenvalue weighted by atomic mass is 35.5. The maximum absolute atomic E-state index is 11.3. The van der Waals surface area contributed by atoms with Crippen LogP contribution in [0.25, 0.3) is 11.3 Å². The molecule has 1 aliphatic rings. The summed E-state index contributed by atoms with van der Waals surface area (Å²) in [4.78, 5) is 11.3. The number of aromatic nitrogens is 2. The SMILES string of the molecule is Cn1nc2c(c1C(=O)O)CCOc1c(Cl)cccc1-2. The molecule has 0 saturated heterocycles. The molecule has 0 fully saturated rings. The fourth-order valence-corrected chi connectivity index (χ4v) is 2.61. The first-order valence-electron chi connectivity index (χ1n) is 5.80. The van der Waals surface area contributed by atoms with Gasteiger partial charge in [-0.3, -0.25) is 4.68 Å². The summed E-state index contributed by atoms with van der Waals surface area (Å²) in [7, 11) is 1.63. The predicted octanol–water partition coefficient (Wildman–Crippen LogP) is 2.37. The van der Waals surface area contributed by atoms with E-state index in [0.717, 1.165) is 5.56 Å². The van der Waals surface area contributed by atoms with E-state index in [2.05, 4.69) is 5.10 Å². The van der Waals surface area contributed by atoms with E-state index in [9.17, 15) is 9.90 Å². The van der Waals surface area contributed by atoms with Gasteiger partial charge in [-0.15, -0.1) is 0 Å². The number of carboxylic acid groups (broad SMARTS) is 1. The van der Waals surface area contributed by atoms with Crippen molar-refractivity contribution in [3.05, 3.63) is 34.5 Å². The number of para-hydroxylation sites is 1. The van der Waals surface area contributed by atoms with Crippen molar-refractivity contribution in [2.45, 2.75) is 6.42 Å². The number of hydrogen-bond donors (Lipinski definition) is 1. The molecule has 98 valence electrons. The van der Waals surface area contributed by atoms with Crippen LogP contribution in [0.3, 0.4) is 0 Å². The molecule has 1 N–H and O–H groups in total. The molecule has 19 heavy (non-hydrogen) atoms. The Balaban J connectivity index is 2.31. The van der Waals surface area contributed by atoms with Crippen LogP contribution in [-0.4, -0.2) is 27.5 Å². The topological polar surface area (TPSA) is 64.4 Å². The molecule has 0 aliphatic carbocycles. The van der Waals surface area contributed by atoms with Crippen molar-refractivity contribution in [3.63, 3.8) is 0 Å². The van der Waals surface area contributed by atoms with E-state index in [0.29, 0.717) is 35.1 Å². The van der Waals surface area contributed by atoms with Crippen molar-refractivity contribution >= 4 is 17.6 Å². The molecule has 5 nitrogen and oxygen atoms in total.